The number of Topliss-reactive ketones (excluding diaryl/α,β-unsaturated/α-hetero) is 3. The van der Waals surface area contributed by atoms with Crippen LogP contribution in [0.15, 0.2) is 65.6 Å². The van der Waals surface area contributed by atoms with E-state index in [1.165, 1.54) is 57.2 Å². The van der Waals surface area contributed by atoms with Crippen molar-refractivity contribution in [3.8, 4) is 0 Å². The average molecular weight is 493 g/mol. The third-order valence-electron chi connectivity index (χ3n) is 5.32. The number of rotatable bonds is 8. The topological polar surface area (TPSA) is 126 Å². The van der Waals surface area contributed by atoms with E-state index in [9.17, 15) is 27.6 Å². The van der Waals surface area contributed by atoms with Gasteiger partial charge in [-0.25, -0.2) is 8.42 Å². The van der Waals surface area contributed by atoms with E-state index in [2.05, 4.69) is 10.0 Å². The number of carbonyl (C=O) groups is 4. The second-order valence-electron chi connectivity index (χ2n) is 8.01. The molecule has 0 aromatic heterocycles. The molecule has 0 unspecified atom stereocenters. The van der Waals surface area contributed by atoms with Gasteiger partial charge in [-0.15, -0.1) is 0 Å². The first-order valence-corrected chi connectivity index (χ1v) is 12.1. The van der Waals surface area contributed by atoms with E-state index in [-0.39, 0.29) is 27.1 Å². The largest absolute Gasteiger partial charge is 0.322 e. The van der Waals surface area contributed by atoms with Gasteiger partial charge in [0.15, 0.2) is 17.3 Å². The number of benzene rings is 3. The maximum absolute atomic E-state index is 12.9. The summed E-state index contributed by atoms with van der Waals surface area (Å²) in [5, 5.41) is 2.61. The first kappa shape index (κ1) is 25.5. The molecule has 9 heteroatoms. The molecule has 0 spiro atoms. The second-order valence-corrected chi connectivity index (χ2v) is 9.70. The van der Waals surface area contributed by atoms with Crippen LogP contribution in [-0.2, 0) is 10.0 Å². The predicted molar refractivity (Wildman–Crippen MR) is 133 cm³/mol. The second kappa shape index (κ2) is 10.0. The van der Waals surface area contributed by atoms with E-state index < -0.39 is 33.3 Å². The maximum atomic E-state index is 12.9. The van der Waals surface area contributed by atoms with Gasteiger partial charge >= 0.3 is 0 Å². The lowest BCUT2D eigenvalue weighted by atomic mass is 9.91. The van der Waals surface area contributed by atoms with Crippen LogP contribution < -0.4 is 10.0 Å². The monoisotopic (exact) mass is 492 g/mol. The third kappa shape index (κ3) is 5.70. The van der Waals surface area contributed by atoms with E-state index >= 15 is 0 Å². The molecule has 0 fully saturated rings. The maximum Gasteiger partial charge on any atom is 0.261 e. The van der Waals surface area contributed by atoms with Crippen LogP contribution in [0, 0.1) is 6.92 Å². The van der Waals surface area contributed by atoms with Crippen molar-refractivity contribution in [3.05, 3.63) is 88.5 Å². The molecule has 0 saturated heterocycles. The predicted octanol–water partition coefficient (Wildman–Crippen LogP) is 4.66. The Morgan fingerprint density at radius 3 is 1.77 bits per heavy atom. The van der Waals surface area contributed by atoms with E-state index in [0.29, 0.717) is 11.4 Å². The first-order chi connectivity index (χ1) is 16.4. The van der Waals surface area contributed by atoms with Gasteiger partial charge in [-0.05, 0) is 75.7 Å². The molecule has 0 bridgehead atoms. The Morgan fingerprint density at radius 2 is 1.29 bits per heavy atom. The summed E-state index contributed by atoms with van der Waals surface area (Å²) < 4.78 is 27.9. The molecule has 35 heavy (non-hydrogen) atoms. The van der Waals surface area contributed by atoms with Gasteiger partial charge in [0.2, 0.25) is 0 Å². The zero-order chi connectivity index (χ0) is 25.9. The molecular formula is C26H24N2O6S. The van der Waals surface area contributed by atoms with Crippen LogP contribution in [0.1, 0.15) is 67.8 Å². The lowest BCUT2D eigenvalue weighted by Gasteiger charge is -2.13. The Labute approximate surface area is 203 Å². The number of para-hydroxylation sites is 1. The zero-order valence-electron chi connectivity index (χ0n) is 19.6. The summed E-state index contributed by atoms with van der Waals surface area (Å²) in [5.41, 5.74) is 1.50. The molecule has 0 radical (unpaired) electrons. The number of carbonyl (C=O) groups excluding carboxylic acids is 4. The smallest absolute Gasteiger partial charge is 0.261 e. The molecule has 1 amide bonds. The highest BCUT2D eigenvalue weighted by atomic mass is 32.2. The third-order valence-corrected chi connectivity index (χ3v) is 6.70. The van der Waals surface area contributed by atoms with Gasteiger partial charge in [0, 0.05) is 27.9 Å². The summed E-state index contributed by atoms with van der Waals surface area (Å²) in [7, 11) is -3.85. The normalized spacial score (nSPS) is 11.0. The first-order valence-electron chi connectivity index (χ1n) is 10.6. The molecule has 180 valence electrons. The zero-order valence-corrected chi connectivity index (χ0v) is 20.4. The van der Waals surface area contributed by atoms with Crippen molar-refractivity contribution in [1.82, 2.24) is 0 Å². The molecular weight excluding hydrogens is 468 g/mol. The van der Waals surface area contributed by atoms with Gasteiger partial charge in [-0.2, -0.15) is 0 Å². The molecule has 0 aliphatic carbocycles. The van der Waals surface area contributed by atoms with E-state index in [0.717, 1.165) is 5.56 Å². The summed E-state index contributed by atoms with van der Waals surface area (Å²) in [6.07, 6.45) is 0. The van der Waals surface area contributed by atoms with Crippen molar-refractivity contribution in [1.29, 1.82) is 0 Å². The van der Waals surface area contributed by atoms with Crippen LogP contribution in [0.3, 0.4) is 0 Å². The minimum Gasteiger partial charge on any atom is -0.322 e. The Kier molecular flexibility index (Phi) is 7.31. The minimum atomic E-state index is -3.85. The number of amides is 1. The molecule has 0 aliphatic rings. The molecule has 3 aromatic carbocycles. The summed E-state index contributed by atoms with van der Waals surface area (Å²) in [6, 6.07) is 15.0. The molecule has 3 rings (SSSR count). The van der Waals surface area contributed by atoms with Crippen LogP contribution in [0.2, 0.25) is 0 Å². The van der Waals surface area contributed by atoms with Gasteiger partial charge in [-0.1, -0.05) is 18.2 Å². The minimum absolute atomic E-state index is 0.00213. The number of ketones is 3. The van der Waals surface area contributed by atoms with Crippen molar-refractivity contribution >= 4 is 44.7 Å². The van der Waals surface area contributed by atoms with Crippen LogP contribution >= 0.6 is 0 Å². The standard InChI is InChI=1S/C26H24N2O6S/c1-15-7-5-6-8-24(15)28-35(33,34)21-11-9-20(10-12-21)27-26(32)19-13-22(16(2)29)25(18(4)31)23(14-19)17(3)30/h5-14,28H,1-4H3,(H,27,32). The Bertz CT molecular complexity index is 1420. The molecule has 8 nitrogen and oxygen atoms in total. The summed E-state index contributed by atoms with van der Waals surface area (Å²) in [4.78, 5) is 49.1. The van der Waals surface area contributed by atoms with E-state index in [1.807, 2.05) is 0 Å². The Hall–Kier alpha value is -4.11. The van der Waals surface area contributed by atoms with E-state index in [1.54, 1.807) is 31.2 Å². The fourth-order valence-electron chi connectivity index (χ4n) is 3.52. The summed E-state index contributed by atoms with van der Waals surface area (Å²) in [5.74, 6) is -1.99. The fourth-order valence-corrected chi connectivity index (χ4v) is 4.65. The number of aryl methyl sites for hydroxylation is 1. The van der Waals surface area contributed by atoms with Gasteiger partial charge < -0.3 is 5.32 Å². The highest BCUT2D eigenvalue weighted by Gasteiger charge is 2.22. The number of hydrogen-bond donors (Lipinski definition) is 2. The number of hydrogen-bond acceptors (Lipinski definition) is 6. The average Bonchev–Trinajstić information content (AvgIpc) is 2.79. The van der Waals surface area contributed by atoms with Crippen LogP contribution in [-0.4, -0.2) is 31.7 Å². The van der Waals surface area contributed by atoms with Crippen molar-refractivity contribution < 1.29 is 27.6 Å². The van der Waals surface area contributed by atoms with Crippen molar-refractivity contribution in [3.63, 3.8) is 0 Å². The van der Waals surface area contributed by atoms with Crippen LogP contribution in [0.4, 0.5) is 11.4 Å². The van der Waals surface area contributed by atoms with Crippen LogP contribution in [0.25, 0.3) is 0 Å². The highest BCUT2D eigenvalue weighted by Crippen LogP contribution is 2.23. The molecule has 0 heterocycles. The van der Waals surface area contributed by atoms with Gasteiger partial charge in [0.05, 0.1) is 10.6 Å². The Morgan fingerprint density at radius 1 is 0.743 bits per heavy atom. The lowest BCUT2D eigenvalue weighted by Crippen LogP contribution is -2.18. The highest BCUT2D eigenvalue weighted by molar-refractivity contribution is 7.92. The van der Waals surface area contributed by atoms with Crippen LogP contribution in [0.5, 0.6) is 0 Å². The molecule has 0 atom stereocenters. The van der Waals surface area contributed by atoms with Gasteiger partial charge in [-0.3, -0.25) is 23.9 Å². The SMILES string of the molecule is CC(=O)c1cc(C(=O)Nc2ccc(S(=O)(=O)Nc3ccccc3C)cc2)cc(C(C)=O)c1C(C)=O. The molecule has 0 aliphatic heterocycles. The van der Waals surface area contributed by atoms with Crippen molar-refractivity contribution in [2.24, 2.45) is 0 Å². The lowest BCUT2D eigenvalue weighted by molar-refractivity contribution is 0.0967. The van der Waals surface area contributed by atoms with E-state index in [4.69, 9.17) is 0 Å². The Balaban J connectivity index is 1.87. The molecule has 2 N–H and O–H groups in total. The fraction of sp³-hybridized carbons (Fsp3) is 0.154. The number of sulfonamides is 1. The van der Waals surface area contributed by atoms with Gasteiger partial charge in [0.25, 0.3) is 15.9 Å². The molecule has 3 aromatic rings. The summed E-state index contributed by atoms with van der Waals surface area (Å²) >= 11 is 0. The number of nitrogens with one attached hydrogen (secondary N) is 2. The summed E-state index contributed by atoms with van der Waals surface area (Å²) in [6.45, 7) is 5.53. The van der Waals surface area contributed by atoms with Crippen molar-refractivity contribution in [2.45, 2.75) is 32.6 Å². The number of anilines is 2. The molecule has 0 saturated carbocycles. The quantitative estimate of drug-likeness (QED) is 0.441. The van der Waals surface area contributed by atoms with Crippen molar-refractivity contribution in [2.75, 3.05) is 10.0 Å². The van der Waals surface area contributed by atoms with Gasteiger partial charge in [0.1, 0.15) is 0 Å².